The minimum atomic E-state index is 0. The zero-order chi connectivity index (χ0) is 4.83. The standard InChI is InChI=1S/C4H10N2.2ClH.2Mg/c1-5-3-4-6-2;;;;/h3-4H2,1-2H3;2*1H;;/q-2;;;2*+2/p-2. The van der Waals surface area contributed by atoms with Crippen molar-refractivity contribution in [3.8, 4) is 0 Å². The Balaban J connectivity index is -0.0000000208. The van der Waals surface area contributed by atoms with Gasteiger partial charge in [-0.05, 0) is 0 Å². The van der Waals surface area contributed by atoms with E-state index >= 15 is 0 Å². The van der Waals surface area contributed by atoms with Crippen molar-refractivity contribution in [3.63, 3.8) is 0 Å². The molecule has 0 radical (unpaired) electrons. The summed E-state index contributed by atoms with van der Waals surface area (Å²) in [6, 6.07) is 0. The first-order valence-corrected chi connectivity index (χ1v) is 2.03. The molecule has 0 aromatic heterocycles. The third kappa shape index (κ3) is 32.3. The zero-order valence-electron chi connectivity index (χ0n) is 6.48. The number of hydrogen-bond donors (Lipinski definition) is 0. The molecule has 0 unspecified atom stereocenters. The molecule has 0 saturated carbocycles. The van der Waals surface area contributed by atoms with Gasteiger partial charge in [0.2, 0.25) is 0 Å². The van der Waals surface area contributed by atoms with Crippen LogP contribution in [0.3, 0.4) is 0 Å². The zero-order valence-corrected chi connectivity index (χ0v) is 10.8. The molecule has 0 amide bonds. The van der Waals surface area contributed by atoms with Crippen molar-refractivity contribution < 1.29 is 24.8 Å². The Kier molecular flexibility index (Phi) is 90.4. The molecule has 0 aliphatic rings. The fourth-order valence-electron chi connectivity index (χ4n) is 0.200. The minimum Gasteiger partial charge on any atom is -1.00 e. The second-order valence-electron chi connectivity index (χ2n) is 1.08. The Morgan fingerprint density at radius 2 is 1.00 bits per heavy atom. The van der Waals surface area contributed by atoms with E-state index in [1.54, 1.807) is 14.1 Å². The number of rotatable bonds is 3. The van der Waals surface area contributed by atoms with E-state index in [0.717, 1.165) is 13.1 Å². The maximum Gasteiger partial charge on any atom is 2.00 e. The van der Waals surface area contributed by atoms with Gasteiger partial charge in [-0.2, -0.15) is 27.2 Å². The maximum absolute atomic E-state index is 3.83. The van der Waals surface area contributed by atoms with Crippen LogP contribution in [0.25, 0.3) is 10.6 Å². The summed E-state index contributed by atoms with van der Waals surface area (Å²) in [4.78, 5) is 0. The van der Waals surface area contributed by atoms with Gasteiger partial charge in [-0.1, -0.05) is 0 Å². The third-order valence-corrected chi connectivity index (χ3v) is 0.547. The van der Waals surface area contributed by atoms with Gasteiger partial charge >= 0.3 is 46.1 Å². The molecule has 0 aromatic carbocycles. The van der Waals surface area contributed by atoms with Crippen molar-refractivity contribution in [1.82, 2.24) is 0 Å². The Hall–Kier alpha value is 2.03. The van der Waals surface area contributed by atoms with Crippen LogP contribution in [-0.2, 0) is 0 Å². The van der Waals surface area contributed by atoms with E-state index in [0.29, 0.717) is 0 Å². The van der Waals surface area contributed by atoms with E-state index in [1.165, 1.54) is 0 Å². The molecule has 6 heteroatoms. The molecule has 0 saturated heterocycles. The van der Waals surface area contributed by atoms with Crippen LogP contribution < -0.4 is 24.8 Å². The van der Waals surface area contributed by atoms with Gasteiger partial charge in [0.25, 0.3) is 0 Å². The van der Waals surface area contributed by atoms with Crippen molar-refractivity contribution in [1.29, 1.82) is 0 Å². The third-order valence-electron chi connectivity index (χ3n) is 0.547. The first-order chi connectivity index (χ1) is 2.91. The fraction of sp³-hybridized carbons (Fsp3) is 1.00. The molecule has 0 aliphatic heterocycles. The van der Waals surface area contributed by atoms with Crippen LogP contribution in [0.15, 0.2) is 0 Å². The molecule has 0 spiro atoms. The Labute approximate surface area is 108 Å². The molecule has 0 rings (SSSR count). The van der Waals surface area contributed by atoms with E-state index in [2.05, 4.69) is 10.6 Å². The summed E-state index contributed by atoms with van der Waals surface area (Å²) in [5.74, 6) is 0. The van der Waals surface area contributed by atoms with Gasteiger partial charge in [0, 0.05) is 0 Å². The second kappa shape index (κ2) is 30.5. The molecule has 0 fully saturated rings. The van der Waals surface area contributed by atoms with Crippen LogP contribution in [0, 0.1) is 0 Å². The summed E-state index contributed by atoms with van der Waals surface area (Å²) in [7, 11) is 3.59. The molecule has 10 heavy (non-hydrogen) atoms. The first kappa shape index (κ1) is 29.6. The van der Waals surface area contributed by atoms with Crippen LogP contribution in [0.5, 0.6) is 0 Å². The van der Waals surface area contributed by atoms with Gasteiger partial charge in [-0.3, -0.25) is 0 Å². The topological polar surface area (TPSA) is 28.2 Å². The predicted octanol–water partition coefficient (Wildman–Crippen LogP) is -5.76. The molecular formula is C4H10Cl2Mg2N2. The first-order valence-electron chi connectivity index (χ1n) is 2.03. The Bertz CT molecular complexity index is 31.2. The van der Waals surface area contributed by atoms with Crippen LogP contribution >= 0.6 is 0 Å². The van der Waals surface area contributed by atoms with Crippen LogP contribution in [0.1, 0.15) is 0 Å². The fourth-order valence-corrected chi connectivity index (χ4v) is 0.200. The molecule has 0 aromatic rings. The molecule has 0 N–H and O–H groups in total. The smallest absolute Gasteiger partial charge is 1.00 e. The van der Waals surface area contributed by atoms with Crippen LogP contribution in [0.2, 0.25) is 0 Å². The van der Waals surface area contributed by atoms with Gasteiger partial charge in [0.15, 0.2) is 0 Å². The Morgan fingerprint density at radius 1 is 0.800 bits per heavy atom. The summed E-state index contributed by atoms with van der Waals surface area (Å²) in [5, 5.41) is 7.66. The van der Waals surface area contributed by atoms with Gasteiger partial charge in [0.1, 0.15) is 0 Å². The largest absolute Gasteiger partial charge is 2.00 e. The summed E-state index contributed by atoms with van der Waals surface area (Å²) >= 11 is 0. The molecule has 0 heterocycles. The summed E-state index contributed by atoms with van der Waals surface area (Å²) in [5.41, 5.74) is 0. The van der Waals surface area contributed by atoms with Crippen molar-refractivity contribution in [3.05, 3.63) is 10.6 Å². The van der Waals surface area contributed by atoms with Crippen molar-refractivity contribution in [2.75, 3.05) is 27.2 Å². The maximum atomic E-state index is 3.83. The average molecular weight is 206 g/mol. The minimum absolute atomic E-state index is 0. The van der Waals surface area contributed by atoms with E-state index in [9.17, 15) is 0 Å². The van der Waals surface area contributed by atoms with Gasteiger partial charge in [-0.15, -0.1) is 0 Å². The molecule has 0 aliphatic carbocycles. The predicted molar refractivity (Wildman–Crippen MR) is 39.8 cm³/mol. The molecule has 0 bridgehead atoms. The molecule has 54 valence electrons. The van der Waals surface area contributed by atoms with Crippen molar-refractivity contribution in [2.45, 2.75) is 0 Å². The number of halogens is 2. The number of hydrogen-bond acceptors (Lipinski definition) is 0. The molecule has 2 nitrogen and oxygen atoms in total. The Morgan fingerprint density at radius 3 is 1.10 bits per heavy atom. The summed E-state index contributed by atoms with van der Waals surface area (Å²) in [6.07, 6.45) is 0. The summed E-state index contributed by atoms with van der Waals surface area (Å²) in [6.45, 7) is 1.74. The quantitative estimate of drug-likeness (QED) is 0.325. The number of nitrogens with zero attached hydrogens (tertiary/aromatic N) is 2. The molecular weight excluding hydrogens is 196 g/mol. The number of likely N-dealkylation sites (N-methyl/N-ethyl adjacent to an activating group) is 2. The van der Waals surface area contributed by atoms with Gasteiger partial charge in [-0.25, -0.2) is 0 Å². The van der Waals surface area contributed by atoms with E-state index in [4.69, 9.17) is 0 Å². The van der Waals surface area contributed by atoms with Crippen LogP contribution in [-0.4, -0.2) is 73.3 Å². The van der Waals surface area contributed by atoms with Gasteiger partial charge in [0.05, 0.1) is 0 Å². The van der Waals surface area contributed by atoms with Gasteiger partial charge < -0.3 is 35.4 Å². The molecule has 0 atom stereocenters. The normalized spacial score (nSPS) is 5.40. The van der Waals surface area contributed by atoms with E-state index < -0.39 is 0 Å². The van der Waals surface area contributed by atoms with E-state index in [-0.39, 0.29) is 70.9 Å². The van der Waals surface area contributed by atoms with Crippen molar-refractivity contribution >= 4 is 46.1 Å². The summed E-state index contributed by atoms with van der Waals surface area (Å²) < 4.78 is 0. The van der Waals surface area contributed by atoms with Crippen molar-refractivity contribution in [2.24, 2.45) is 0 Å². The second-order valence-corrected chi connectivity index (χ2v) is 1.08. The van der Waals surface area contributed by atoms with Crippen LogP contribution in [0.4, 0.5) is 0 Å². The average Bonchev–Trinajstić information content (AvgIpc) is 1.61. The monoisotopic (exact) mass is 204 g/mol. The SMILES string of the molecule is C[N-]CC[N-]C.[Cl-].[Cl-].[Mg+2].[Mg+2]. The van der Waals surface area contributed by atoms with E-state index in [1.807, 2.05) is 0 Å².